The zero-order chi connectivity index (χ0) is 8.69. The number of rotatable bonds is 0. The average molecular weight is 191 g/mol. The molecule has 0 aromatic heterocycles. The van der Waals surface area contributed by atoms with E-state index < -0.39 is 11.6 Å². The highest BCUT2D eigenvalue weighted by Crippen LogP contribution is 2.11. The molecule has 1 aromatic rings. The third-order valence-corrected chi connectivity index (χ3v) is 1.50. The maximum atomic E-state index is 8.29. The fraction of sp³-hybridized carbons (Fsp3) is 0.143. The molecular weight excluding hydrogens is 184 g/mol. The van der Waals surface area contributed by atoms with Crippen LogP contribution in [0.1, 0.15) is 5.56 Å². The fourth-order valence-corrected chi connectivity index (χ4v) is 0.687. The molecule has 0 aliphatic heterocycles. The van der Waals surface area contributed by atoms with Crippen LogP contribution in [-0.4, -0.2) is 8.42 Å². The van der Waals surface area contributed by atoms with Gasteiger partial charge in [0.25, 0.3) is 0 Å². The van der Waals surface area contributed by atoms with Crippen LogP contribution in [0.5, 0.6) is 0 Å². The van der Waals surface area contributed by atoms with Gasteiger partial charge in [-0.2, -0.15) is 8.42 Å². The minimum absolute atomic E-state index is 0.750. The van der Waals surface area contributed by atoms with Crippen molar-refractivity contribution in [2.75, 3.05) is 0 Å². The summed E-state index contributed by atoms with van der Waals surface area (Å²) in [5.41, 5.74) is 1.13. The molecule has 1 aromatic carbocycles. The number of hydrogen-bond donors (Lipinski definition) is 0. The topological polar surface area (TPSA) is 34.1 Å². The monoisotopic (exact) mass is 190 g/mol. The molecule has 4 heteroatoms. The lowest BCUT2D eigenvalue weighted by molar-refractivity contribution is 0.630. The minimum Gasteiger partial charge on any atom is -0.168 e. The third-order valence-electron chi connectivity index (χ3n) is 1.08. The van der Waals surface area contributed by atoms with Crippen molar-refractivity contribution in [3.63, 3.8) is 0 Å². The summed E-state index contributed by atoms with van der Waals surface area (Å²) >= 11 is 4.96. The average Bonchev–Trinajstić information content (AvgIpc) is 1.97. The molecule has 0 aliphatic carbocycles. The van der Waals surface area contributed by atoms with E-state index in [2.05, 4.69) is 0 Å². The highest BCUT2D eigenvalue weighted by Gasteiger charge is 1.86. The summed E-state index contributed by atoms with van der Waals surface area (Å²) in [4.78, 5) is 0. The lowest BCUT2D eigenvalue weighted by atomic mass is 10.2. The molecule has 1 rings (SSSR count). The van der Waals surface area contributed by atoms with E-state index >= 15 is 0 Å². The van der Waals surface area contributed by atoms with Crippen molar-refractivity contribution >= 4 is 23.2 Å². The Labute approximate surface area is 73.8 Å². The van der Waals surface area contributed by atoms with Crippen molar-refractivity contribution in [3.05, 3.63) is 34.9 Å². The summed E-state index contributed by atoms with van der Waals surface area (Å²) in [6.07, 6.45) is 0. The third kappa shape index (κ3) is 4.70. The first-order valence-electron chi connectivity index (χ1n) is 2.85. The first-order valence-corrected chi connectivity index (χ1v) is 3.89. The Kier molecular flexibility index (Phi) is 5.70. The highest BCUT2D eigenvalue weighted by molar-refractivity contribution is 7.51. The van der Waals surface area contributed by atoms with Gasteiger partial charge in [-0.1, -0.05) is 29.8 Å². The molecule has 0 bridgehead atoms. The summed E-state index contributed by atoms with van der Waals surface area (Å²) in [5.74, 6) is 0. The fourth-order valence-electron chi connectivity index (χ4n) is 0.551. The van der Waals surface area contributed by atoms with Crippen molar-refractivity contribution in [1.29, 1.82) is 0 Å². The second kappa shape index (κ2) is 6.07. The van der Waals surface area contributed by atoms with Crippen LogP contribution in [0.4, 0.5) is 0 Å². The second-order valence-electron chi connectivity index (χ2n) is 1.82. The van der Waals surface area contributed by atoms with Gasteiger partial charge in [-0.25, -0.2) is 0 Å². The van der Waals surface area contributed by atoms with E-state index in [4.69, 9.17) is 20.0 Å². The molecule has 0 heterocycles. The van der Waals surface area contributed by atoms with Crippen LogP contribution in [0.25, 0.3) is 0 Å². The van der Waals surface area contributed by atoms with E-state index in [0.29, 0.717) is 0 Å². The summed E-state index contributed by atoms with van der Waals surface area (Å²) in [6, 6.07) is 7.77. The van der Waals surface area contributed by atoms with Gasteiger partial charge in [-0.15, -0.1) is 0 Å². The van der Waals surface area contributed by atoms with Crippen molar-refractivity contribution in [3.8, 4) is 0 Å². The van der Waals surface area contributed by atoms with Crippen LogP contribution < -0.4 is 0 Å². The normalized spacial score (nSPS) is 7.82. The molecule has 0 aliphatic rings. The van der Waals surface area contributed by atoms with Gasteiger partial charge in [0.2, 0.25) is 0 Å². The predicted octanol–water partition coefficient (Wildman–Crippen LogP) is 1.98. The Morgan fingerprint density at radius 3 is 2.00 bits per heavy atom. The quantitative estimate of drug-likeness (QED) is 0.627. The van der Waals surface area contributed by atoms with Gasteiger partial charge in [-0.3, -0.25) is 0 Å². The van der Waals surface area contributed by atoms with Crippen LogP contribution >= 0.6 is 11.6 Å². The highest BCUT2D eigenvalue weighted by atomic mass is 35.5. The van der Waals surface area contributed by atoms with E-state index in [-0.39, 0.29) is 0 Å². The Balaban J connectivity index is 0.000000292. The van der Waals surface area contributed by atoms with Crippen molar-refractivity contribution in [2.24, 2.45) is 0 Å². The standard InChI is InChI=1S/C7H7Cl.O2S/c1-6-4-2-3-5-7(6)8;1-3-2/h2-5H,1H3;. The predicted molar refractivity (Wildman–Crippen MR) is 45.1 cm³/mol. The molecule has 11 heavy (non-hydrogen) atoms. The van der Waals surface area contributed by atoms with E-state index in [0.717, 1.165) is 10.6 Å². The number of benzene rings is 1. The molecule has 0 amide bonds. The molecule has 0 saturated heterocycles. The Bertz CT molecular complexity index is 235. The van der Waals surface area contributed by atoms with Gasteiger partial charge in [0.15, 0.2) is 0 Å². The van der Waals surface area contributed by atoms with Crippen LogP contribution in [-0.2, 0) is 11.6 Å². The van der Waals surface area contributed by atoms with Crippen LogP contribution in [0.15, 0.2) is 24.3 Å². The van der Waals surface area contributed by atoms with Crippen LogP contribution in [0.2, 0.25) is 5.02 Å². The maximum absolute atomic E-state index is 8.29. The molecule has 0 atom stereocenters. The van der Waals surface area contributed by atoms with Crippen LogP contribution in [0.3, 0.4) is 0 Å². The number of halogens is 1. The van der Waals surface area contributed by atoms with Crippen molar-refractivity contribution in [2.45, 2.75) is 6.92 Å². The van der Waals surface area contributed by atoms with Gasteiger partial charge in [0.05, 0.1) is 0 Å². The van der Waals surface area contributed by atoms with E-state index in [1.54, 1.807) is 0 Å². The van der Waals surface area contributed by atoms with Crippen molar-refractivity contribution < 1.29 is 8.42 Å². The van der Waals surface area contributed by atoms with Gasteiger partial charge in [0, 0.05) is 5.02 Å². The van der Waals surface area contributed by atoms with E-state index in [1.807, 2.05) is 31.2 Å². The molecule has 0 N–H and O–H groups in total. The molecule has 0 saturated carbocycles. The SMILES string of the molecule is Cc1ccccc1Cl.O=S=O. The van der Waals surface area contributed by atoms with Crippen LogP contribution in [0, 0.1) is 6.92 Å². The summed E-state index contributed by atoms with van der Waals surface area (Å²) in [6.45, 7) is 1.99. The second-order valence-corrected chi connectivity index (χ2v) is 2.36. The zero-order valence-electron chi connectivity index (χ0n) is 5.91. The molecule has 0 spiro atoms. The molecule has 0 unspecified atom stereocenters. The largest absolute Gasteiger partial charge is 0.335 e. The zero-order valence-corrected chi connectivity index (χ0v) is 7.48. The molecule has 0 radical (unpaired) electrons. The first kappa shape index (κ1) is 10.3. The van der Waals surface area contributed by atoms with E-state index in [9.17, 15) is 0 Å². The molecule has 2 nitrogen and oxygen atoms in total. The maximum Gasteiger partial charge on any atom is 0.335 e. The summed E-state index contributed by atoms with van der Waals surface area (Å²) in [7, 11) is 0. The van der Waals surface area contributed by atoms with Gasteiger partial charge in [-0.05, 0) is 18.6 Å². The summed E-state index contributed by atoms with van der Waals surface area (Å²) in [5, 5.41) is 0.840. The van der Waals surface area contributed by atoms with Gasteiger partial charge >= 0.3 is 11.6 Å². The molecule has 60 valence electrons. The minimum atomic E-state index is -0.750. The lowest BCUT2D eigenvalue weighted by Gasteiger charge is -1.90. The van der Waals surface area contributed by atoms with E-state index in [1.165, 1.54) is 0 Å². The Morgan fingerprint density at radius 1 is 1.27 bits per heavy atom. The number of hydrogen-bond acceptors (Lipinski definition) is 2. The summed E-state index contributed by atoms with van der Waals surface area (Å²) < 4.78 is 16.6. The Hall–Kier alpha value is -0.670. The Morgan fingerprint density at radius 2 is 1.73 bits per heavy atom. The van der Waals surface area contributed by atoms with Crippen molar-refractivity contribution in [1.82, 2.24) is 0 Å². The molecule has 0 fully saturated rings. The van der Waals surface area contributed by atoms with Gasteiger partial charge < -0.3 is 0 Å². The lowest BCUT2D eigenvalue weighted by Crippen LogP contribution is -1.68. The molecular formula is C7H7ClO2S. The first-order chi connectivity index (χ1) is 5.22. The smallest absolute Gasteiger partial charge is 0.168 e. The number of aryl methyl sites for hydroxylation is 1. The van der Waals surface area contributed by atoms with Gasteiger partial charge in [0.1, 0.15) is 0 Å².